The molecule has 0 unspecified atom stereocenters. The van der Waals surface area contributed by atoms with E-state index in [1.54, 1.807) is 11.3 Å². The summed E-state index contributed by atoms with van der Waals surface area (Å²) in [6.07, 6.45) is -1.49. The van der Waals surface area contributed by atoms with E-state index in [-0.39, 0.29) is 0 Å². The van der Waals surface area contributed by atoms with Gasteiger partial charge in [-0.3, -0.25) is 4.90 Å². The van der Waals surface area contributed by atoms with Gasteiger partial charge < -0.3 is 15.1 Å². The minimum Gasteiger partial charge on any atom is -0.475 e. The zero-order valence-electron chi connectivity index (χ0n) is 19.9. The second-order valence-corrected chi connectivity index (χ2v) is 10.6. The van der Waals surface area contributed by atoms with Crippen LogP contribution in [0.15, 0.2) is 5.38 Å². The highest BCUT2D eigenvalue weighted by atomic mass is 32.1. The highest BCUT2D eigenvalue weighted by Crippen LogP contribution is 2.41. The summed E-state index contributed by atoms with van der Waals surface area (Å²) in [7, 11) is 0. The van der Waals surface area contributed by atoms with Crippen LogP contribution >= 0.6 is 11.3 Å². The molecule has 1 aromatic heterocycles. The Morgan fingerprint density at radius 3 is 1.94 bits per heavy atom. The van der Waals surface area contributed by atoms with E-state index in [1.165, 1.54) is 82.0 Å². The van der Waals surface area contributed by atoms with E-state index in [0.717, 1.165) is 12.5 Å². The SMILES string of the molecule is Cc1nc(CN2CCC3(CCCN(CC4CC4)C3)CC2)cs1.O=C(O)C(F)(F)F.O=C(O)C(F)(F)F. The molecule has 0 amide bonds. The second kappa shape index (κ2) is 12.5. The van der Waals surface area contributed by atoms with Crippen LogP contribution in [0.2, 0.25) is 0 Å². The van der Waals surface area contributed by atoms with Crippen molar-refractivity contribution >= 4 is 23.3 Å². The molecule has 14 heteroatoms. The van der Waals surface area contributed by atoms with Gasteiger partial charge in [-0.25, -0.2) is 14.6 Å². The largest absolute Gasteiger partial charge is 0.490 e. The lowest BCUT2D eigenvalue weighted by Crippen LogP contribution is -2.49. The van der Waals surface area contributed by atoms with Crippen LogP contribution in [0.25, 0.3) is 0 Å². The van der Waals surface area contributed by atoms with Gasteiger partial charge in [0.1, 0.15) is 0 Å². The first-order valence-corrected chi connectivity index (χ1v) is 12.4. The van der Waals surface area contributed by atoms with Crippen LogP contribution in [0, 0.1) is 18.3 Å². The van der Waals surface area contributed by atoms with Crippen molar-refractivity contribution in [2.24, 2.45) is 11.3 Å². The monoisotopic (exact) mass is 547 g/mol. The van der Waals surface area contributed by atoms with Gasteiger partial charge in [0.05, 0.1) is 10.7 Å². The average Bonchev–Trinajstić information content (AvgIpc) is 3.48. The molecule has 0 radical (unpaired) electrons. The minimum atomic E-state index is -5.08. The van der Waals surface area contributed by atoms with Gasteiger partial charge >= 0.3 is 24.3 Å². The Balaban J connectivity index is 0.000000271. The number of aromatic nitrogens is 1. The Labute approximate surface area is 209 Å². The number of rotatable bonds is 4. The number of hydrogen-bond acceptors (Lipinski definition) is 6. The molecular formula is C22H31F6N3O4S. The van der Waals surface area contributed by atoms with Crippen molar-refractivity contribution in [1.82, 2.24) is 14.8 Å². The van der Waals surface area contributed by atoms with Crippen LogP contribution < -0.4 is 0 Å². The molecule has 0 bridgehead atoms. The van der Waals surface area contributed by atoms with Crippen LogP contribution in [0.1, 0.15) is 49.2 Å². The molecule has 4 rings (SSSR count). The molecule has 1 spiro atoms. The van der Waals surface area contributed by atoms with E-state index in [9.17, 15) is 26.3 Å². The zero-order valence-corrected chi connectivity index (χ0v) is 20.7. The van der Waals surface area contributed by atoms with Crippen LogP contribution in [-0.4, -0.2) is 82.0 Å². The lowest BCUT2D eigenvalue weighted by atomic mass is 9.72. The van der Waals surface area contributed by atoms with Gasteiger partial charge in [-0.1, -0.05) is 0 Å². The number of alkyl halides is 6. The number of nitrogens with zero attached hydrogens (tertiary/aromatic N) is 3. The van der Waals surface area contributed by atoms with Gasteiger partial charge in [-0.15, -0.1) is 11.3 Å². The number of halogens is 6. The smallest absolute Gasteiger partial charge is 0.475 e. The minimum absolute atomic E-state index is 0.641. The van der Waals surface area contributed by atoms with Crippen molar-refractivity contribution in [3.63, 3.8) is 0 Å². The highest BCUT2D eigenvalue weighted by Gasteiger charge is 2.40. The number of thiazole rings is 1. The maximum absolute atomic E-state index is 10.6. The Morgan fingerprint density at radius 1 is 1.00 bits per heavy atom. The molecule has 0 aromatic carbocycles. The Hall–Kier alpha value is -1.93. The van der Waals surface area contributed by atoms with Crippen LogP contribution in [0.4, 0.5) is 26.3 Å². The summed E-state index contributed by atoms with van der Waals surface area (Å²) in [5.41, 5.74) is 1.92. The second-order valence-electron chi connectivity index (χ2n) is 9.52. The van der Waals surface area contributed by atoms with Gasteiger partial charge in [0.25, 0.3) is 0 Å². The van der Waals surface area contributed by atoms with Gasteiger partial charge in [0.15, 0.2) is 0 Å². The number of hydrogen-bond donors (Lipinski definition) is 2. The number of likely N-dealkylation sites (tertiary alicyclic amines) is 2. The van der Waals surface area contributed by atoms with Crippen LogP contribution in [-0.2, 0) is 16.1 Å². The fourth-order valence-electron chi connectivity index (χ4n) is 4.44. The van der Waals surface area contributed by atoms with Gasteiger partial charge in [-0.2, -0.15) is 26.3 Å². The van der Waals surface area contributed by atoms with E-state index in [1.807, 2.05) is 0 Å². The molecule has 7 nitrogen and oxygen atoms in total. The molecule has 2 N–H and O–H groups in total. The van der Waals surface area contributed by atoms with Crippen molar-refractivity contribution < 1.29 is 46.1 Å². The third kappa shape index (κ3) is 10.6. The summed E-state index contributed by atoms with van der Waals surface area (Å²) in [5, 5.41) is 17.7. The maximum Gasteiger partial charge on any atom is 0.490 e. The van der Waals surface area contributed by atoms with Crippen molar-refractivity contribution in [2.45, 2.75) is 64.3 Å². The summed E-state index contributed by atoms with van der Waals surface area (Å²) in [6.45, 7) is 9.85. The molecule has 3 aliphatic rings. The molecule has 3 heterocycles. The zero-order chi connectivity index (χ0) is 27.1. The molecule has 3 fully saturated rings. The summed E-state index contributed by atoms with van der Waals surface area (Å²) in [6, 6.07) is 0. The maximum atomic E-state index is 10.6. The normalized spacial score (nSPS) is 20.6. The molecule has 2 saturated heterocycles. The number of carboxylic acids is 2. The van der Waals surface area contributed by atoms with Crippen LogP contribution in [0.5, 0.6) is 0 Å². The molecule has 1 aromatic rings. The summed E-state index contributed by atoms with van der Waals surface area (Å²) >= 11 is 1.78. The fraction of sp³-hybridized carbons (Fsp3) is 0.773. The van der Waals surface area contributed by atoms with Gasteiger partial charge in [-0.05, 0) is 76.4 Å². The first kappa shape index (κ1) is 30.3. The van der Waals surface area contributed by atoms with E-state index in [0.29, 0.717) is 5.41 Å². The van der Waals surface area contributed by atoms with Gasteiger partial charge in [0, 0.05) is 25.0 Å². The standard InChI is InChI=1S/C18H29N3S.2C2HF3O2/c1-15-19-17(13-22-15)12-20-9-6-18(7-10-20)5-2-8-21(14-18)11-16-3-4-16;2*3-2(4,5)1(6)7/h13,16H,2-12,14H2,1H3;2*(H,6,7). The Morgan fingerprint density at radius 2 is 1.53 bits per heavy atom. The molecular weight excluding hydrogens is 516 g/mol. The predicted molar refractivity (Wildman–Crippen MR) is 120 cm³/mol. The molecule has 2 aliphatic heterocycles. The fourth-order valence-corrected chi connectivity index (χ4v) is 5.04. The predicted octanol–water partition coefficient (Wildman–Crippen LogP) is 4.81. The van der Waals surface area contributed by atoms with Crippen molar-refractivity contribution in [2.75, 3.05) is 32.7 Å². The summed E-state index contributed by atoms with van der Waals surface area (Å²) in [5.74, 6) is -4.47. The quantitative estimate of drug-likeness (QED) is 0.523. The number of piperidine rings is 2. The molecule has 36 heavy (non-hydrogen) atoms. The van der Waals surface area contributed by atoms with Crippen molar-refractivity contribution in [3.05, 3.63) is 16.1 Å². The van der Waals surface area contributed by atoms with Crippen LogP contribution in [0.3, 0.4) is 0 Å². The first-order chi connectivity index (χ1) is 16.6. The number of aliphatic carboxylic acids is 2. The number of carboxylic acid groups (broad SMARTS) is 2. The average molecular weight is 548 g/mol. The third-order valence-electron chi connectivity index (χ3n) is 6.41. The lowest BCUT2D eigenvalue weighted by molar-refractivity contribution is -0.193. The highest BCUT2D eigenvalue weighted by molar-refractivity contribution is 7.09. The van der Waals surface area contributed by atoms with Crippen molar-refractivity contribution in [1.29, 1.82) is 0 Å². The third-order valence-corrected chi connectivity index (χ3v) is 7.23. The van der Waals surface area contributed by atoms with Crippen molar-refractivity contribution in [3.8, 4) is 0 Å². The summed E-state index contributed by atoms with van der Waals surface area (Å²) in [4.78, 5) is 27.8. The van der Waals surface area contributed by atoms with Gasteiger partial charge in [0.2, 0.25) is 0 Å². The topological polar surface area (TPSA) is 94.0 Å². The molecule has 1 aliphatic carbocycles. The van der Waals surface area contributed by atoms with E-state index in [4.69, 9.17) is 19.8 Å². The number of carbonyl (C=O) groups is 2. The number of aryl methyl sites for hydroxylation is 1. The first-order valence-electron chi connectivity index (χ1n) is 11.6. The Bertz CT molecular complexity index is 841. The molecule has 206 valence electrons. The summed E-state index contributed by atoms with van der Waals surface area (Å²) < 4.78 is 63.5. The van der Waals surface area contributed by atoms with E-state index in [2.05, 4.69) is 27.1 Å². The van der Waals surface area contributed by atoms with E-state index < -0.39 is 24.3 Å². The Kier molecular flexibility index (Phi) is 10.6. The van der Waals surface area contributed by atoms with E-state index >= 15 is 0 Å². The lowest BCUT2D eigenvalue weighted by Gasteiger charge is -2.47. The molecule has 0 atom stereocenters. The molecule has 1 saturated carbocycles.